The number of carbonyl (C=O) groups is 1. The third kappa shape index (κ3) is 1.47. The monoisotopic (exact) mass is 268 g/mol. The van der Waals surface area contributed by atoms with Crippen molar-refractivity contribution in [3.63, 3.8) is 0 Å². The number of fused-ring (bicyclic) bond motifs is 2. The summed E-state index contributed by atoms with van der Waals surface area (Å²) in [6, 6.07) is 10.4. The lowest BCUT2D eigenvalue weighted by atomic mass is 9.65. The van der Waals surface area contributed by atoms with E-state index in [1.807, 2.05) is 6.07 Å². The third-order valence-corrected chi connectivity index (χ3v) is 6.61. The second kappa shape index (κ2) is 4.07. The maximum absolute atomic E-state index is 12.9. The fourth-order valence-electron chi connectivity index (χ4n) is 4.30. The van der Waals surface area contributed by atoms with E-state index in [0.717, 1.165) is 24.8 Å². The Morgan fingerprint density at radius 1 is 1.00 bits per heavy atom. The van der Waals surface area contributed by atoms with Crippen molar-refractivity contribution in [2.24, 2.45) is 16.2 Å². The average molecular weight is 268 g/mol. The Balaban J connectivity index is 1.98. The highest BCUT2D eigenvalue weighted by Gasteiger charge is 2.69. The Labute approximate surface area is 122 Å². The third-order valence-electron chi connectivity index (χ3n) is 6.61. The van der Waals surface area contributed by atoms with Gasteiger partial charge in [-0.2, -0.15) is 0 Å². The highest BCUT2D eigenvalue weighted by Crippen LogP contribution is 2.72. The van der Waals surface area contributed by atoms with Gasteiger partial charge in [-0.05, 0) is 35.8 Å². The van der Waals surface area contributed by atoms with Crippen LogP contribution in [-0.4, -0.2) is 5.78 Å². The number of ketones is 1. The first-order valence-electron chi connectivity index (χ1n) is 7.62. The Bertz CT molecular complexity index is 581. The minimum absolute atomic E-state index is 0.0492. The molecule has 106 valence electrons. The van der Waals surface area contributed by atoms with Gasteiger partial charge in [0.25, 0.3) is 0 Å². The molecule has 2 fully saturated rings. The number of benzene rings is 1. The highest BCUT2D eigenvalue weighted by molar-refractivity contribution is 6.05. The summed E-state index contributed by atoms with van der Waals surface area (Å²) in [6.45, 7) is 9.02. The van der Waals surface area contributed by atoms with Crippen molar-refractivity contribution >= 4 is 5.78 Å². The second-order valence-electron chi connectivity index (χ2n) is 7.43. The van der Waals surface area contributed by atoms with Gasteiger partial charge in [0.1, 0.15) is 0 Å². The molecular formula is C19H24O. The van der Waals surface area contributed by atoms with Crippen LogP contribution in [0.3, 0.4) is 0 Å². The minimum atomic E-state index is -0.162. The predicted molar refractivity (Wildman–Crippen MR) is 82.5 cm³/mol. The summed E-state index contributed by atoms with van der Waals surface area (Å²) in [6.07, 6.45) is 5.24. The van der Waals surface area contributed by atoms with Crippen LogP contribution >= 0.6 is 0 Å². The normalized spacial score (nSPS) is 36.8. The minimum Gasteiger partial charge on any atom is -0.294 e. The second-order valence-corrected chi connectivity index (χ2v) is 7.43. The quantitative estimate of drug-likeness (QED) is 0.718. The average Bonchev–Trinajstić information content (AvgIpc) is 2.67. The molecule has 1 aromatic rings. The molecule has 0 amide bonds. The Kier molecular flexibility index (Phi) is 2.77. The summed E-state index contributed by atoms with van der Waals surface area (Å²) in [7, 11) is 0. The Hall–Kier alpha value is -1.37. The van der Waals surface area contributed by atoms with Gasteiger partial charge in [-0.15, -0.1) is 0 Å². The lowest BCUT2D eigenvalue weighted by Gasteiger charge is -2.37. The van der Waals surface area contributed by atoms with Crippen molar-refractivity contribution in [2.75, 3.05) is 0 Å². The number of rotatable bonds is 2. The largest absolute Gasteiger partial charge is 0.294 e. The van der Waals surface area contributed by atoms with Crippen molar-refractivity contribution in [2.45, 2.75) is 47.0 Å². The van der Waals surface area contributed by atoms with Crippen LogP contribution in [0.15, 0.2) is 42.0 Å². The maximum atomic E-state index is 12.9. The van der Waals surface area contributed by atoms with E-state index in [0.29, 0.717) is 5.78 Å². The molecule has 3 rings (SSSR count). The molecule has 2 bridgehead atoms. The summed E-state index contributed by atoms with van der Waals surface area (Å²) >= 11 is 0. The molecule has 0 heterocycles. The van der Waals surface area contributed by atoms with Gasteiger partial charge in [-0.1, -0.05) is 64.1 Å². The number of hydrogen-bond donors (Lipinski definition) is 0. The summed E-state index contributed by atoms with van der Waals surface area (Å²) in [4.78, 5) is 12.9. The van der Waals surface area contributed by atoms with E-state index in [2.05, 4.69) is 58.0 Å². The van der Waals surface area contributed by atoms with Crippen molar-refractivity contribution in [3.8, 4) is 0 Å². The predicted octanol–water partition coefficient (Wildman–Crippen LogP) is 4.57. The van der Waals surface area contributed by atoms with Gasteiger partial charge in [0, 0.05) is 10.8 Å². The molecule has 2 aliphatic rings. The van der Waals surface area contributed by atoms with E-state index < -0.39 is 0 Å². The first-order chi connectivity index (χ1) is 9.33. The van der Waals surface area contributed by atoms with Crippen LogP contribution in [0.5, 0.6) is 0 Å². The van der Waals surface area contributed by atoms with Crippen LogP contribution < -0.4 is 0 Å². The van der Waals surface area contributed by atoms with E-state index in [1.54, 1.807) is 0 Å². The number of allylic oxidation sites excluding steroid dienone is 2. The van der Waals surface area contributed by atoms with Crippen LogP contribution in [0.4, 0.5) is 0 Å². The smallest absolute Gasteiger partial charge is 0.165 e. The molecule has 0 aromatic heterocycles. The van der Waals surface area contributed by atoms with E-state index in [1.165, 1.54) is 5.56 Å². The summed E-state index contributed by atoms with van der Waals surface area (Å²) < 4.78 is 0. The van der Waals surface area contributed by atoms with E-state index in [4.69, 9.17) is 0 Å². The van der Waals surface area contributed by atoms with Gasteiger partial charge >= 0.3 is 0 Å². The Morgan fingerprint density at radius 3 is 2.15 bits per heavy atom. The summed E-state index contributed by atoms with van der Waals surface area (Å²) in [5.41, 5.74) is 2.32. The molecule has 1 aromatic carbocycles. The first-order valence-corrected chi connectivity index (χ1v) is 7.62. The molecule has 2 atom stereocenters. The van der Waals surface area contributed by atoms with E-state index in [9.17, 15) is 4.79 Å². The van der Waals surface area contributed by atoms with Crippen LogP contribution in [0, 0.1) is 16.2 Å². The van der Waals surface area contributed by atoms with Crippen LogP contribution in [-0.2, 0) is 11.2 Å². The summed E-state index contributed by atoms with van der Waals surface area (Å²) in [5.74, 6) is 0.396. The Morgan fingerprint density at radius 2 is 1.60 bits per heavy atom. The standard InChI is InChI=1S/C19H24O/c1-17(2)18(3)12-13-19(17,4)16(20)15(18)11-10-14-8-6-5-7-9-14/h5-9,11H,10,12-13H2,1-4H3. The molecular weight excluding hydrogens is 244 g/mol. The molecule has 2 aliphatic carbocycles. The molecule has 0 spiro atoms. The van der Waals surface area contributed by atoms with Gasteiger partial charge in [-0.25, -0.2) is 0 Å². The maximum Gasteiger partial charge on any atom is 0.165 e. The fraction of sp³-hybridized carbons (Fsp3) is 0.526. The SMILES string of the molecule is CC12CCC(C)(C(=CCc3ccccc3)C1=O)C2(C)C. The van der Waals surface area contributed by atoms with Crippen LogP contribution in [0.2, 0.25) is 0 Å². The van der Waals surface area contributed by atoms with Crippen LogP contribution in [0.1, 0.15) is 46.1 Å². The van der Waals surface area contributed by atoms with E-state index >= 15 is 0 Å². The zero-order valence-corrected chi connectivity index (χ0v) is 13.0. The number of Topliss-reactive ketones (excluding diaryl/α,β-unsaturated/α-hetero) is 1. The zero-order valence-electron chi connectivity index (χ0n) is 13.0. The fourth-order valence-corrected chi connectivity index (χ4v) is 4.30. The highest BCUT2D eigenvalue weighted by atomic mass is 16.1. The van der Waals surface area contributed by atoms with Gasteiger partial charge in [0.2, 0.25) is 0 Å². The van der Waals surface area contributed by atoms with E-state index in [-0.39, 0.29) is 16.2 Å². The molecule has 0 saturated heterocycles. The van der Waals surface area contributed by atoms with Crippen molar-refractivity contribution < 1.29 is 4.79 Å². The molecule has 1 heteroatoms. The zero-order chi connectivity index (χ0) is 14.6. The van der Waals surface area contributed by atoms with Crippen molar-refractivity contribution in [1.82, 2.24) is 0 Å². The molecule has 0 N–H and O–H groups in total. The molecule has 0 aliphatic heterocycles. The van der Waals surface area contributed by atoms with Crippen molar-refractivity contribution in [1.29, 1.82) is 0 Å². The number of hydrogen-bond acceptors (Lipinski definition) is 1. The molecule has 2 saturated carbocycles. The van der Waals surface area contributed by atoms with Gasteiger partial charge < -0.3 is 0 Å². The molecule has 1 nitrogen and oxygen atoms in total. The van der Waals surface area contributed by atoms with Gasteiger partial charge in [0.15, 0.2) is 5.78 Å². The first kappa shape index (κ1) is 13.6. The van der Waals surface area contributed by atoms with Crippen LogP contribution in [0.25, 0.3) is 0 Å². The number of carbonyl (C=O) groups excluding carboxylic acids is 1. The van der Waals surface area contributed by atoms with Crippen molar-refractivity contribution in [3.05, 3.63) is 47.5 Å². The van der Waals surface area contributed by atoms with Gasteiger partial charge in [-0.3, -0.25) is 4.79 Å². The lowest BCUT2D eigenvalue weighted by molar-refractivity contribution is -0.125. The topological polar surface area (TPSA) is 17.1 Å². The lowest BCUT2D eigenvalue weighted by Crippen LogP contribution is -2.34. The molecule has 20 heavy (non-hydrogen) atoms. The molecule has 0 radical (unpaired) electrons. The summed E-state index contributed by atoms with van der Waals surface area (Å²) in [5, 5.41) is 0. The molecule has 2 unspecified atom stereocenters. The van der Waals surface area contributed by atoms with Gasteiger partial charge in [0.05, 0.1) is 0 Å².